The highest BCUT2D eigenvalue weighted by atomic mass is 17.0. The maximum atomic E-state index is 10.5. The summed E-state index contributed by atoms with van der Waals surface area (Å²) in [6.07, 6.45) is 20.6. The van der Waals surface area contributed by atoms with Crippen molar-refractivity contribution in [2.45, 2.75) is 142 Å². The number of rotatable bonds is 20. The summed E-state index contributed by atoms with van der Waals surface area (Å²) in [5.74, 6) is 0. The third kappa shape index (κ3) is 18.3. The monoisotopic (exact) mass is 387 g/mol. The average molecular weight is 388 g/mol. The van der Waals surface area contributed by atoms with Gasteiger partial charge in [0.15, 0.2) is 0 Å². The van der Waals surface area contributed by atoms with Crippen LogP contribution in [0.4, 0.5) is 0 Å². The molecule has 0 amide bonds. The van der Waals surface area contributed by atoms with Crippen LogP contribution in [0.15, 0.2) is 0 Å². The first-order chi connectivity index (χ1) is 12.9. The highest BCUT2D eigenvalue weighted by Crippen LogP contribution is 2.20. The molecule has 0 heterocycles. The molecule has 0 bridgehead atoms. The van der Waals surface area contributed by atoms with Gasteiger partial charge in [0.2, 0.25) is 0 Å². The van der Waals surface area contributed by atoms with Crippen LogP contribution in [0.3, 0.4) is 0 Å². The van der Waals surface area contributed by atoms with Crippen LogP contribution in [0.2, 0.25) is 0 Å². The maximum Gasteiger partial charge on any atom is 0.294 e. The molecular weight excluding hydrogens is 342 g/mol. The van der Waals surface area contributed by atoms with Crippen molar-refractivity contribution in [1.29, 1.82) is 0 Å². The highest BCUT2D eigenvalue weighted by molar-refractivity contribution is 4.76. The first kappa shape index (κ1) is 26.2. The summed E-state index contributed by atoms with van der Waals surface area (Å²) in [6.45, 7) is 5.39. The van der Waals surface area contributed by atoms with Crippen molar-refractivity contribution in [1.82, 2.24) is 0 Å². The molecule has 1 unspecified atom stereocenters. The van der Waals surface area contributed by atoms with Crippen molar-refractivity contribution in [2.24, 2.45) is 0 Å². The van der Waals surface area contributed by atoms with Crippen LogP contribution in [0.1, 0.15) is 130 Å². The zero-order valence-electron chi connectivity index (χ0n) is 18.2. The lowest BCUT2D eigenvalue weighted by molar-refractivity contribution is -0.772. The van der Waals surface area contributed by atoms with Gasteiger partial charge in [0.1, 0.15) is 6.10 Å². The van der Waals surface area contributed by atoms with Crippen LogP contribution in [0.5, 0.6) is 0 Å². The van der Waals surface area contributed by atoms with Crippen molar-refractivity contribution in [3.8, 4) is 0 Å². The Balaban J connectivity index is 3.36. The molecule has 0 spiro atoms. The molecular formula is C22H45NO4. The fourth-order valence-electron chi connectivity index (χ4n) is 3.52. The van der Waals surface area contributed by atoms with Gasteiger partial charge in [-0.3, -0.25) is 0 Å². The molecule has 0 saturated carbocycles. The molecule has 0 aliphatic rings. The second-order valence-corrected chi connectivity index (χ2v) is 8.56. The van der Waals surface area contributed by atoms with E-state index in [1.54, 1.807) is 13.8 Å². The summed E-state index contributed by atoms with van der Waals surface area (Å²) >= 11 is 0. The highest BCUT2D eigenvalue weighted by Gasteiger charge is 2.29. The molecule has 27 heavy (non-hydrogen) atoms. The molecule has 1 N–H and O–H groups in total. The molecule has 0 radical (unpaired) electrons. The van der Waals surface area contributed by atoms with Gasteiger partial charge in [-0.15, -0.1) is 10.1 Å². The summed E-state index contributed by atoms with van der Waals surface area (Å²) in [6, 6.07) is 0. The summed E-state index contributed by atoms with van der Waals surface area (Å²) in [5, 5.41) is 19.6. The average Bonchev–Trinajstić information content (AvgIpc) is 2.59. The molecule has 162 valence electrons. The molecule has 1 atom stereocenters. The second-order valence-electron chi connectivity index (χ2n) is 8.56. The lowest BCUT2D eigenvalue weighted by Crippen LogP contribution is -2.39. The van der Waals surface area contributed by atoms with Gasteiger partial charge in [-0.1, -0.05) is 110 Å². The number of hydrogen-bond donors (Lipinski definition) is 1. The van der Waals surface area contributed by atoms with Gasteiger partial charge in [-0.05, 0) is 20.3 Å². The van der Waals surface area contributed by atoms with Gasteiger partial charge in [0, 0.05) is 0 Å². The van der Waals surface area contributed by atoms with Crippen LogP contribution in [0.25, 0.3) is 0 Å². The fourth-order valence-corrected chi connectivity index (χ4v) is 3.52. The van der Waals surface area contributed by atoms with Crippen molar-refractivity contribution >= 4 is 0 Å². The quantitative estimate of drug-likeness (QED) is 0.139. The predicted octanol–water partition coefficient (Wildman–Crippen LogP) is 6.99. The summed E-state index contributed by atoms with van der Waals surface area (Å²) in [5.41, 5.74) is -1.18. The van der Waals surface area contributed by atoms with E-state index in [0.29, 0.717) is 6.42 Å². The van der Waals surface area contributed by atoms with E-state index in [-0.39, 0.29) is 0 Å². The Labute approximate surface area is 167 Å². The zero-order valence-corrected chi connectivity index (χ0v) is 18.2. The summed E-state index contributed by atoms with van der Waals surface area (Å²) < 4.78 is 0. The Hall–Kier alpha value is -0.840. The number of hydrogen-bond acceptors (Lipinski definition) is 4. The van der Waals surface area contributed by atoms with Gasteiger partial charge in [0.05, 0.1) is 5.60 Å². The second kappa shape index (κ2) is 17.3. The molecule has 0 fully saturated rings. The number of unbranched alkanes of at least 4 members (excludes halogenated alkanes) is 15. The van der Waals surface area contributed by atoms with Gasteiger partial charge in [-0.25, -0.2) is 0 Å². The minimum atomic E-state index is -1.18. The van der Waals surface area contributed by atoms with Gasteiger partial charge in [-0.2, -0.15) is 0 Å². The van der Waals surface area contributed by atoms with E-state index in [0.717, 1.165) is 19.3 Å². The topological polar surface area (TPSA) is 72.6 Å². The van der Waals surface area contributed by atoms with E-state index >= 15 is 0 Å². The fraction of sp³-hybridized carbons (Fsp3) is 1.00. The van der Waals surface area contributed by atoms with E-state index in [2.05, 4.69) is 11.8 Å². The molecule has 0 aromatic carbocycles. The Morgan fingerprint density at radius 1 is 0.778 bits per heavy atom. The maximum absolute atomic E-state index is 10.5. The Kier molecular flexibility index (Phi) is 16.7. The van der Waals surface area contributed by atoms with Crippen LogP contribution in [-0.4, -0.2) is 21.9 Å². The van der Waals surface area contributed by atoms with Gasteiger partial charge >= 0.3 is 0 Å². The van der Waals surface area contributed by atoms with E-state index < -0.39 is 16.8 Å². The molecule has 0 aliphatic carbocycles. The van der Waals surface area contributed by atoms with Gasteiger partial charge < -0.3 is 9.94 Å². The first-order valence-corrected chi connectivity index (χ1v) is 11.4. The largest absolute Gasteiger partial charge is 0.388 e. The van der Waals surface area contributed by atoms with Crippen LogP contribution >= 0.6 is 0 Å². The van der Waals surface area contributed by atoms with Gasteiger partial charge in [0.25, 0.3) is 5.09 Å². The lowest BCUT2D eigenvalue weighted by Gasteiger charge is -2.27. The number of nitrogens with zero attached hydrogens (tertiary/aromatic N) is 1. The SMILES string of the molecule is CCCCCCCCCCCCCCCCCCC(O[N+](=O)[O-])C(C)(C)O. The standard InChI is InChI=1S/C22H45NO4/c1-4-5-6-7-8-9-10-11-12-13-14-15-16-17-18-19-20-21(22(2,3)24)27-23(25)26/h21,24H,4-20H2,1-3H3. The molecule has 0 aliphatic heterocycles. The Morgan fingerprint density at radius 3 is 1.41 bits per heavy atom. The van der Waals surface area contributed by atoms with E-state index in [1.165, 1.54) is 83.5 Å². The smallest absolute Gasteiger partial charge is 0.294 e. The number of aliphatic hydroxyl groups is 1. The van der Waals surface area contributed by atoms with Crippen LogP contribution in [0, 0.1) is 10.1 Å². The van der Waals surface area contributed by atoms with Crippen LogP contribution < -0.4 is 0 Å². The van der Waals surface area contributed by atoms with E-state index in [1.807, 2.05) is 0 Å². The molecule has 0 saturated heterocycles. The molecule has 5 heteroatoms. The molecule has 0 aromatic rings. The minimum absolute atomic E-state index is 0.531. The summed E-state index contributed by atoms with van der Waals surface area (Å²) in [7, 11) is 0. The minimum Gasteiger partial charge on any atom is -0.388 e. The van der Waals surface area contributed by atoms with Crippen molar-refractivity contribution < 1.29 is 15.0 Å². The first-order valence-electron chi connectivity index (χ1n) is 11.4. The Bertz CT molecular complexity index is 342. The van der Waals surface area contributed by atoms with E-state index in [4.69, 9.17) is 0 Å². The third-order valence-electron chi connectivity index (χ3n) is 5.32. The normalized spacial score (nSPS) is 12.9. The van der Waals surface area contributed by atoms with Crippen LogP contribution in [-0.2, 0) is 4.84 Å². The van der Waals surface area contributed by atoms with Crippen molar-refractivity contribution in [3.63, 3.8) is 0 Å². The lowest BCUT2D eigenvalue weighted by atomic mass is 9.96. The summed E-state index contributed by atoms with van der Waals surface area (Å²) in [4.78, 5) is 15.1. The zero-order chi connectivity index (χ0) is 20.4. The van der Waals surface area contributed by atoms with E-state index in [9.17, 15) is 15.2 Å². The van der Waals surface area contributed by atoms with Crippen molar-refractivity contribution in [3.05, 3.63) is 10.1 Å². The third-order valence-corrected chi connectivity index (χ3v) is 5.32. The molecule has 0 aromatic heterocycles. The molecule has 0 rings (SSSR count). The Morgan fingerprint density at radius 2 is 1.11 bits per heavy atom. The van der Waals surface area contributed by atoms with Crippen molar-refractivity contribution in [2.75, 3.05) is 0 Å². The molecule has 5 nitrogen and oxygen atoms in total. The predicted molar refractivity (Wildman–Crippen MR) is 112 cm³/mol.